The van der Waals surface area contributed by atoms with Crippen LogP contribution < -0.4 is 5.32 Å². The van der Waals surface area contributed by atoms with E-state index in [9.17, 15) is 43.3 Å². The van der Waals surface area contributed by atoms with Crippen molar-refractivity contribution in [3.63, 3.8) is 0 Å². The highest BCUT2D eigenvalue weighted by Gasteiger charge is 2.48. The van der Waals surface area contributed by atoms with E-state index in [2.05, 4.69) is 35.5 Å². The van der Waals surface area contributed by atoms with Crippen LogP contribution in [0.25, 0.3) is 0 Å². The Morgan fingerprint density at radius 2 is 1.00 bits per heavy atom. The molecular weight excluding hydrogens is 875 g/mol. The lowest BCUT2D eigenvalue weighted by atomic mass is 9.99. The Bertz CT molecular complexity index is 1300. The minimum absolute atomic E-state index is 0.241. The van der Waals surface area contributed by atoms with Gasteiger partial charge in [0.15, 0.2) is 6.29 Å². The van der Waals surface area contributed by atoms with Crippen molar-refractivity contribution in [1.82, 2.24) is 5.32 Å². The van der Waals surface area contributed by atoms with E-state index in [0.29, 0.717) is 12.8 Å². The Balaban J connectivity index is 2.49. The summed E-state index contributed by atoms with van der Waals surface area (Å²) in [5.41, 5.74) is 0. The minimum atomic E-state index is -5.12. The van der Waals surface area contributed by atoms with Gasteiger partial charge in [-0.15, -0.1) is 0 Å². The number of aliphatic hydroxyl groups excluding tert-OH is 5. The quantitative estimate of drug-likeness (QED) is 0.0172. The molecule has 396 valence electrons. The van der Waals surface area contributed by atoms with E-state index < -0.39 is 78.5 Å². The van der Waals surface area contributed by atoms with Crippen LogP contribution in [0.5, 0.6) is 0 Å². The van der Waals surface area contributed by atoms with Crippen molar-refractivity contribution in [1.29, 1.82) is 0 Å². The Kier molecular flexibility index (Phi) is 41.1. The SMILES string of the molecule is CCCCCCCCCCCCCC/C=C/CC/C=C/C(O)C(COC1OC(CO)C(O)C(OS(=O)(=O)O)C1O)NC(=O)C(O)CCCCCCCCCCCCCCCCCCCCCC. The summed E-state index contributed by atoms with van der Waals surface area (Å²) in [5, 5.41) is 55.4. The summed E-state index contributed by atoms with van der Waals surface area (Å²) in [6.07, 6.45) is 39.7. The molecule has 1 fully saturated rings. The zero-order chi connectivity index (χ0) is 49.2. The van der Waals surface area contributed by atoms with E-state index in [4.69, 9.17) is 9.47 Å². The summed E-state index contributed by atoms with van der Waals surface area (Å²) < 4.78 is 47.7. The van der Waals surface area contributed by atoms with Crippen LogP contribution in [-0.2, 0) is 28.9 Å². The largest absolute Gasteiger partial charge is 0.397 e. The third-order valence-electron chi connectivity index (χ3n) is 13.1. The van der Waals surface area contributed by atoms with E-state index in [1.165, 1.54) is 179 Å². The molecule has 1 saturated heterocycles. The molecule has 0 aromatic heterocycles. The Morgan fingerprint density at radius 3 is 1.43 bits per heavy atom. The predicted octanol–water partition coefficient (Wildman–Crippen LogP) is 11.0. The van der Waals surface area contributed by atoms with Crippen molar-refractivity contribution in [3.05, 3.63) is 24.3 Å². The number of aliphatic hydroxyl groups is 5. The van der Waals surface area contributed by atoms with Crippen LogP contribution in [0, 0.1) is 0 Å². The molecule has 0 bridgehead atoms. The number of nitrogens with one attached hydrogen (secondary N) is 1. The average Bonchev–Trinajstić information content (AvgIpc) is 3.30. The zero-order valence-corrected chi connectivity index (χ0v) is 43.2. The topological polar surface area (TPSA) is 212 Å². The van der Waals surface area contributed by atoms with Crippen LogP contribution in [0.4, 0.5) is 0 Å². The lowest BCUT2D eigenvalue weighted by molar-refractivity contribution is -0.298. The number of ether oxygens (including phenoxy) is 2. The molecule has 13 nitrogen and oxygen atoms in total. The van der Waals surface area contributed by atoms with Gasteiger partial charge < -0.3 is 40.3 Å². The fourth-order valence-electron chi connectivity index (χ4n) is 8.77. The molecule has 0 aliphatic carbocycles. The number of amides is 1. The lowest BCUT2D eigenvalue weighted by Gasteiger charge is -2.41. The van der Waals surface area contributed by atoms with Gasteiger partial charge in [0.05, 0.1) is 25.4 Å². The third kappa shape index (κ3) is 35.3. The molecule has 8 atom stereocenters. The molecule has 1 amide bonds. The molecule has 8 unspecified atom stereocenters. The van der Waals surface area contributed by atoms with Gasteiger partial charge in [0.1, 0.15) is 30.5 Å². The van der Waals surface area contributed by atoms with Crippen molar-refractivity contribution in [2.45, 2.75) is 294 Å². The van der Waals surface area contributed by atoms with Gasteiger partial charge in [-0.3, -0.25) is 9.35 Å². The van der Waals surface area contributed by atoms with E-state index in [1.807, 2.05) is 0 Å². The van der Waals surface area contributed by atoms with Crippen molar-refractivity contribution in [2.24, 2.45) is 0 Å². The summed E-state index contributed by atoms with van der Waals surface area (Å²) in [6.45, 7) is 3.24. The molecule has 7 N–H and O–H groups in total. The highest BCUT2D eigenvalue weighted by Crippen LogP contribution is 2.26. The summed E-state index contributed by atoms with van der Waals surface area (Å²) in [5.74, 6) is -0.707. The molecule has 0 aromatic carbocycles. The van der Waals surface area contributed by atoms with Crippen molar-refractivity contribution >= 4 is 16.3 Å². The summed E-state index contributed by atoms with van der Waals surface area (Å²) in [4.78, 5) is 13.2. The highest BCUT2D eigenvalue weighted by molar-refractivity contribution is 7.80. The van der Waals surface area contributed by atoms with Crippen LogP contribution >= 0.6 is 0 Å². The highest BCUT2D eigenvalue weighted by atomic mass is 32.3. The first-order chi connectivity index (χ1) is 32.4. The molecule has 1 heterocycles. The number of carbonyl (C=O) groups excluding carboxylic acids is 1. The first kappa shape index (κ1) is 63.6. The van der Waals surface area contributed by atoms with E-state index in [0.717, 1.165) is 38.5 Å². The number of allylic oxidation sites excluding steroid dienone is 3. The maximum absolute atomic E-state index is 13.2. The lowest BCUT2D eigenvalue weighted by Crippen LogP contribution is -2.61. The van der Waals surface area contributed by atoms with Crippen molar-refractivity contribution < 1.29 is 57.0 Å². The number of unbranched alkanes of at least 4 members (excludes halogenated alkanes) is 32. The Morgan fingerprint density at radius 1 is 0.597 bits per heavy atom. The molecule has 67 heavy (non-hydrogen) atoms. The van der Waals surface area contributed by atoms with Gasteiger partial charge in [0.25, 0.3) is 0 Å². The molecule has 0 spiro atoms. The standard InChI is InChI=1S/C53H101NO12S/c1-3-5-7-9-11-13-15-17-19-21-23-24-26-28-30-32-34-36-38-40-42-47(57)52(60)54-45(44-64-53-50(59)51(66-67(61,62)63)49(58)48(43-55)65-53)46(56)41-39-37-35-33-31-29-27-25-22-20-18-16-14-12-10-8-6-4-2/h31,33,39,41,45-51,53,55-59H,3-30,32,34-38,40,42-44H2,1-2H3,(H,54,60)(H,61,62,63)/b33-31+,41-39+. The number of hydrogen-bond donors (Lipinski definition) is 7. The van der Waals surface area contributed by atoms with Gasteiger partial charge in [-0.2, -0.15) is 8.42 Å². The van der Waals surface area contributed by atoms with Crippen molar-refractivity contribution in [2.75, 3.05) is 13.2 Å². The second-order valence-electron chi connectivity index (χ2n) is 19.3. The molecule has 1 aliphatic rings. The first-order valence-electron chi connectivity index (χ1n) is 27.3. The number of carbonyl (C=O) groups is 1. The first-order valence-corrected chi connectivity index (χ1v) is 28.7. The molecule has 1 rings (SSSR count). The van der Waals surface area contributed by atoms with Gasteiger partial charge in [0.2, 0.25) is 5.91 Å². The molecular formula is C53H101NO12S. The van der Waals surface area contributed by atoms with E-state index in [-0.39, 0.29) is 6.42 Å². The maximum atomic E-state index is 13.2. The predicted molar refractivity (Wildman–Crippen MR) is 270 cm³/mol. The fourth-order valence-corrected chi connectivity index (χ4v) is 9.28. The second-order valence-corrected chi connectivity index (χ2v) is 20.4. The third-order valence-corrected chi connectivity index (χ3v) is 13.6. The number of rotatable bonds is 47. The Hall–Kier alpha value is -1.46. The van der Waals surface area contributed by atoms with Crippen LogP contribution in [0.2, 0.25) is 0 Å². The Labute approximate surface area is 408 Å². The summed E-state index contributed by atoms with van der Waals surface area (Å²) in [7, 11) is -5.12. The summed E-state index contributed by atoms with van der Waals surface area (Å²) >= 11 is 0. The summed E-state index contributed by atoms with van der Waals surface area (Å²) in [6, 6.07) is -1.13. The average molecular weight is 976 g/mol. The van der Waals surface area contributed by atoms with Crippen LogP contribution in [0.1, 0.15) is 245 Å². The smallest absolute Gasteiger partial charge is 0.394 e. The van der Waals surface area contributed by atoms with Gasteiger partial charge in [-0.1, -0.05) is 237 Å². The normalized spacial score (nSPS) is 20.5. The van der Waals surface area contributed by atoms with Crippen LogP contribution in [-0.4, -0.2) is 107 Å². The molecule has 14 heteroatoms. The molecule has 0 saturated carbocycles. The fraction of sp³-hybridized carbons (Fsp3) is 0.906. The van der Waals surface area contributed by atoms with Crippen LogP contribution in [0.3, 0.4) is 0 Å². The minimum Gasteiger partial charge on any atom is -0.394 e. The molecule has 1 aliphatic heterocycles. The van der Waals surface area contributed by atoms with Gasteiger partial charge in [0, 0.05) is 0 Å². The monoisotopic (exact) mass is 976 g/mol. The van der Waals surface area contributed by atoms with Crippen molar-refractivity contribution in [3.8, 4) is 0 Å². The van der Waals surface area contributed by atoms with E-state index >= 15 is 0 Å². The van der Waals surface area contributed by atoms with Gasteiger partial charge in [-0.25, -0.2) is 4.18 Å². The van der Waals surface area contributed by atoms with Crippen LogP contribution in [0.15, 0.2) is 24.3 Å². The second kappa shape index (κ2) is 43.3. The van der Waals surface area contributed by atoms with E-state index in [1.54, 1.807) is 6.08 Å². The molecule has 0 radical (unpaired) electrons. The molecule has 0 aromatic rings. The van der Waals surface area contributed by atoms with Gasteiger partial charge in [-0.05, 0) is 32.1 Å². The number of hydrogen-bond acceptors (Lipinski definition) is 11. The van der Waals surface area contributed by atoms with Gasteiger partial charge >= 0.3 is 10.4 Å². The zero-order valence-electron chi connectivity index (χ0n) is 42.3. The maximum Gasteiger partial charge on any atom is 0.397 e.